The van der Waals surface area contributed by atoms with E-state index in [0.29, 0.717) is 28.5 Å². The maximum Gasteiger partial charge on any atom is 0.416 e. The zero-order chi connectivity index (χ0) is 25.3. The average Bonchev–Trinajstić information content (AvgIpc) is 3.34. The second kappa shape index (κ2) is 9.14. The maximum absolute atomic E-state index is 13.0. The van der Waals surface area contributed by atoms with E-state index in [-0.39, 0.29) is 5.56 Å². The number of hydrogen-bond donors (Lipinski definition) is 3. The maximum atomic E-state index is 13.0. The van der Waals surface area contributed by atoms with Crippen molar-refractivity contribution in [2.75, 3.05) is 10.6 Å². The summed E-state index contributed by atoms with van der Waals surface area (Å²) < 4.78 is 39.1. The molecule has 0 aliphatic carbocycles. The fraction of sp³-hybridized carbons (Fsp3) is 0.0769. The molecule has 0 bridgehead atoms. The molecule has 0 radical (unpaired) electrons. The SMILES string of the molecule is Cc1ccc(NC(=O)c2cccc(C(F)(F)F)c2)cc1Nc1nc(-c2ccncc2)c2[nH]ccc2n1. The van der Waals surface area contributed by atoms with Gasteiger partial charge in [-0.2, -0.15) is 13.2 Å². The third-order valence-corrected chi connectivity index (χ3v) is 5.55. The summed E-state index contributed by atoms with van der Waals surface area (Å²) in [5.41, 5.74) is 3.97. The monoisotopic (exact) mass is 488 g/mol. The topological polar surface area (TPSA) is 95.6 Å². The van der Waals surface area contributed by atoms with Crippen LogP contribution < -0.4 is 10.6 Å². The molecule has 0 atom stereocenters. The van der Waals surface area contributed by atoms with Gasteiger partial charge in [0.2, 0.25) is 5.95 Å². The first-order chi connectivity index (χ1) is 17.3. The van der Waals surface area contributed by atoms with Gasteiger partial charge in [-0.1, -0.05) is 12.1 Å². The third kappa shape index (κ3) is 4.74. The van der Waals surface area contributed by atoms with Gasteiger partial charge in [0, 0.05) is 41.1 Å². The lowest BCUT2D eigenvalue weighted by atomic mass is 10.1. The zero-order valence-electron chi connectivity index (χ0n) is 18.9. The Morgan fingerprint density at radius 2 is 1.78 bits per heavy atom. The molecule has 0 unspecified atom stereocenters. The van der Waals surface area contributed by atoms with Crippen LogP contribution in [-0.4, -0.2) is 25.8 Å². The molecule has 0 aliphatic heterocycles. The molecule has 0 spiro atoms. The molecule has 1 amide bonds. The molecule has 0 saturated carbocycles. The fourth-order valence-electron chi connectivity index (χ4n) is 3.71. The van der Waals surface area contributed by atoms with E-state index >= 15 is 0 Å². The number of aromatic amines is 1. The van der Waals surface area contributed by atoms with Crippen LogP contribution in [0, 0.1) is 6.92 Å². The molecule has 0 aliphatic rings. The Morgan fingerprint density at radius 3 is 2.56 bits per heavy atom. The minimum Gasteiger partial charge on any atom is -0.358 e. The number of carbonyl (C=O) groups excluding carboxylic acids is 1. The number of halogens is 3. The number of anilines is 3. The first-order valence-corrected chi connectivity index (χ1v) is 10.9. The Kier molecular flexibility index (Phi) is 5.85. The Balaban J connectivity index is 1.43. The number of nitrogens with one attached hydrogen (secondary N) is 3. The molecule has 2 aromatic carbocycles. The Morgan fingerprint density at radius 1 is 0.972 bits per heavy atom. The zero-order valence-corrected chi connectivity index (χ0v) is 18.9. The van der Waals surface area contributed by atoms with E-state index in [0.717, 1.165) is 28.8 Å². The van der Waals surface area contributed by atoms with Crippen molar-refractivity contribution in [3.05, 3.63) is 95.9 Å². The summed E-state index contributed by atoms with van der Waals surface area (Å²) in [5.74, 6) is -0.306. The predicted octanol–water partition coefficient (Wildman–Crippen LogP) is 6.34. The lowest BCUT2D eigenvalue weighted by Crippen LogP contribution is -2.14. The van der Waals surface area contributed by atoms with E-state index < -0.39 is 17.6 Å². The predicted molar refractivity (Wildman–Crippen MR) is 131 cm³/mol. The second-order valence-electron chi connectivity index (χ2n) is 8.06. The Bertz CT molecular complexity index is 1560. The summed E-state index contributed by atoms with van der Waals surface area (Å²) in [5, 5.41) is 5.85. The first-order valence-electron chi connectivity index (χ1n) is 10.9. The van der Waals surface area contributed by atoms with E-state index in [9.17, 15) is 18.0 Å². The largest absolute Gasteiger partial charge is 0.416 e. The van der Waals surface area contributed by atoms with Gasteiger partial charge >= 0.3 is 6.18 Å². The molecule has 3 N–H and O–H groups in total. The van der Waals surface area contributed by atoms with Crippen LogP contribution in [0.15, 0.2) is 79.3 Å². The molecule has 0 fully saturated rings. The highest BCUT2D eigenvalue weighted by Gasteiger charge is 2.30. The van der Waals surface area contributed by atoms with E-state index in [4.69, 9.17) is 0 Å². The van der Waals surface area contributed by atoms with Gasteiger partial charge in [0.25, 0.3) is 5.91 Å². The third-order valence-electron chi connectivity index (χ3n) is 5.55. The van der Waals surface area contributed by atoms with E-state index in [1.165, 1.54) is 12.1 Å². The van der Waals surface area contributed by atoms with Crippen molar-refractivity contribution in [1.82, 2.24) is 19.9 Å². The molecular weight excluding hydrogens is 469 g/mol. The molecule has 10 heteroatoms. The van der Waals surface area contributed by atoms with Gasteiger partial charge in [0.05, 0.1) is 16.6 Å². The van der Waals surface area contributed by atoms with Crippen molar-refractivity contribution in [3.63, 3.8) is 0 Å². The Hall–Kier alpha value is -4.73. The van der Waals surface area contributed by atoms with Crippen LogP contribution in [0.5, 0.6) is 0 Å². The number of fused-ring (bicyclic) bond motifs is 1. The molecule has 7 nitrogen and oxygen atoms in total. The number of aromatic nitrogens is 4. The molecule has 3 aromatic heterocycles. The van der Waals surface area contributed by atoms with Gasteiger partial charge in [-0.25, -0.2) is 9.97 Å². The van der Waals surface area contributed by atoms with Gasteiger partial charge in [0.15, 0.2) is 0 Å². The summed E-state index contributed by atoms with van der Waals surface area (Å²) in [6, 6.07) is 14.9. The second-order valence-corrected chi connectivity index (χ2v) is 8.06. The van der Waals surface area contributed by atoms with Crippen molar-refractivity contribution >= 4 is 34.3 Å². The summed E-state index contributed by atoms with van der Waals surface area (Å²) in [6.07, 6.45) is 0.607. The van der Waals surface area contributed by atoms with Gasteiger partial charge < -0.3 is 15.6 Å². The van der Waals surface area contributed by atoms with E-state index in [1.807, 2.05) is 25.1 Å². The number of aryl methyl sites for hydroxylation is 1. The number of benzene rings is 2. The van der Waals surface area contributed by atoms with E-state index in [2.05, 4.69) is 30.6 Å². The highest BCUT2D eigenvalue weighted by Crippen LogP contribution is 2.31. The average molecular weight is 488 g/mol. The number of pyridine rings is 1. The van der Waals surface area contributed by atoms with Crippen LogP contribution in [0.4, 0.5) is 30.5 Å². The number of H-pyrrole nitrogens is 1. The molecule has 3 heterocycles. The van der Waals surface area contributed by atoms with Crippen LogP contribution in [-0.2, 0) is 6.18 Å². The van der Waals surface area contributed by atoms with Crippen LogP contribution >= 0.6 is 0 Å². The minimum atomic E-state index is -4.53. The van der Waals surface area contributed by atoms with Crippen LogP contribution in [0.1, 0.15) is 21.5 Å². The standard InChI is InChI=1S/C26H19F3N6O/c1-15-5-6-19(32-24(36)17-3-2-4-18(13-17)26(27,28)29)14-21(15)34-25-33-20-9-12-31-23(20)22(35-25)16-7-10-30-11-8-16/h2-14,31H,1H3,(H,32,36)(H,33,34,35). The first kappa shape index (κ1) is 23.0. The Labute approximate surface area is 203 Å². The van der Waals surface area contributed by atoms with Crippen LogP contribution in [0.2, 0.25) is 0 Å². The highest BCUT2D eigenvalue weighted by atomic mass is 19.4. The lowest BCUT2D eigenvalue weighted by molar-refractivity contribution is -0.137. The molecular formula is C26H19F3N6O. The smallest absolute Gasteiger partial charge is 0.358 e. The summed E-state index contributed by atoms with van der Waals surface area (Å²) in [4.78, 5) is 29.1. The summed E-state index contributed by atoms with van der Waals surface area (Å²) in [6.45, 7) is 1.87. The number of alkyl halides is 3. The lowest BCUT2D eigenvalue weighted by Gasteiger charge is -2.13. The highest BCUT2D eigenvalue weighted by molar-refractivity contribution is 6.04. The van der Waals surface area contributed by atoms with E-state index in [1.54, 1.807) is 36.8 Å². The molecule has 5 rings (SSSR count). The molecule has 36 heavy (non-hydrogen) atoms. The van der Waals surface area contributed by atoms with Crippen molar-refractivity contribution in [1.29, 1.82) is 0 Å². The normalized spacial score (nSPS) is 11.4. The number of hydrogen-bond acceptors (Lipinski definition) is 5. The number of amides is 1. The summed E-state index contributed by atoms with van der Waals surface area (Å²) >= 11 is 0. The molecule has 180 valence electrons. The summed E-state index contributed by atoms with van der Waals surface area (Å²) in [7, 11) is 0. The number of carbonyl (C=O) groups is 1. The van der Waals surface area contributed by atoms with Crippen LogP contribution in [0.3, 0.4) is 0 Å². The fourth-order valence-corrected chi connectivity index (χ4v) is 3.71. The number of nitrogens with zero attached hydrogens (tertiary/aromatic N) is 3. The van der Waals surface area contributed by atoms with Gasteiger partial charge in [-0.15, -0.1) is 0 Å². The molecule has 5 aromatic rings. The van der Waals surface area contributed by atoms with Crippen molar-refractivity contribution in [3.8, 4) is 11.3 Å². The van der Waals surface area contributed by atoms with Gasteiger partial charge in [-0.05, 0) is 61.0 Å². The van der Waals surface area contributed by atoms with Crippen molar-refractivity contribution in [2.45, 2.75) is 13.1 Å². The number of rotatable bonds is 5. The van der Waals surface area contributed by atoms with Crippen molar-refractivity contribution < 1.29 is 18.0 Å². The molecule has 0 saturated heterocycles. The van der Waals surface area contributed by atoms with Gasteiger partial charge in [-0.3, -0.25) is 9.78 Å². The quantitative estimate of drug-likeness (QED) is 0.268. The van der Waals surface area contributed by atoms with Gasteiger partial charge in [0.1, 0.15) is 5.69 Å². The van der Waals surface area contributed by atoms with Crippen molar-refractivity contribution in [2.24, 2.45) is 0 Å². The minimum absolute atomic E-state index is 0.0943. The van der Waals surface area contributed by atoms with Crippen LogP contribution in [0.25, 0.3) is 22.3 Å².